The van der Waals surface area contributed by atoms with Gasteiger partial charge < -0.3 is 5.73 Å². The Balaban J connectivity index is 1.73. The van der Waals surface area contributed by atoms with Gasteiger partial charge in [0.15, 0.2) is 11.0 Å². The summed E-state index contributed by atoms with van der Waals surface area (Å²) in [6.07, 6.45) is 0. The standard InChI is InChI=1S/C21H17ClN4S/c22-17-8-4-6-15(12-17)14-27-21-25-24-20(16-7-5-9-18(23)13-16)26(21)19-10-2-1-3-11-19/h1-13H,14,23H2. The molecule has 1 heterocycles. The van der Waals surface area contributed by atoms with E-state index in [0.29, 0.717) is 5.69 Å². The van der Waals surface area contributed by atoms with Crippen LogP contribution in [-0.2, 0) is 5.75 Å². The molecule has 6 heteroatoms. The number of nitrogen functional groups attached to an aromatic ring is 1. The maximum Gasteiger partial charge on any atom is 0.196 e. The van der Waals surface area contributed by atoms with Crippen LogP contribution < -0.4 is 5.73 Å². The molecule has 0 aliphatic rings. The van der Waals surface area contributed by atoms with Gasteiger partial charge >= 0.3 is 0 Å². The molecule has 0 unspecified atom stereocenters. The number of aromatic nitrogens is 3. The van der Waals surface area contributed by atoms with E-state index in [-0.39, 0.29) is 0 Å². The van der Waals surface area contributed by atoms with E-state index in [1.807, 2.05) is 72.8 Å². The molecule has 1 aromatic heterocycles. The summed E-state index contributed by atoms with van der Waals surface area (Å²) >= 11 is 7.72. The van der Waals surface area contributed by atoms with Crippen LogP contribution in [0.25, 0.3) is 17.1 Å². The van der Waals surface area contributed by atoms with Crippen LogP contribution in [0.3, 0.4) is 0 Å². The van der Waals surface area contributed by atoms with E-state index in [2.05, 4.69) is 20.8 Å². The third-order valence-corrected chi connectivity index (χ3v) is 5.28. The zero-order chi connectivity index (χ0) is 18.6. The molecule has 0 fully saturated rings. The highest BCUT2D eigenvalue weighted by atomic mass is 35.5. The van der Waals surface area contributed by atoms with E-state index >= 15 is 0 Å². The van der Waals surface area contributed by atoms with Crippen LogP contribution in [0.1, 0.15) is 5.56 Å². The lowest BCUT2D eigenvalue weighted by molar-refractivity contribution is 0.886. The highest BCUT2D eigenvalue weighted by molar-refractivity contribution is 7.98. The minimum absolute atomic E-state index is 0.697. The number of hydrogen-bond donors (Lipinski definition) is 1. The van der Waals surface area contributed by atoms with E-state index in [9.17, 15) is 0 Å². The highest BCUT2D eigenvalue weighted by Crippen LogP contribution is 2.30. The first-order valence-corrected chi connectivity index (χ1v) is 9.81. The topological polar surface area (TPSA) is 56.7 Å². The molecule has 0 saturated carbocycles. The first-order valence-electron chi connectivity index (χ1n) is 8.45. The summed E-state index contributed by atoms with van der Waals surface area (Å²) in [5, 5.41) is 10.4. The van der Waals surface area contributed by atoms with Crippen molar-refractivity contribution in [1.29, 1.82) is 0 Å². The summed E-state index contributed by atoms with van der Waals surface area (Å²) in [6, 6.07) is 25.6. The van der Waals surface area contributed by atoms with Gasteiger partial charge in [0, 0.05) is 27.7 Å². The Bertz CT molecular complexity index is 1060. The minimum atomic E-state index is 0.697. The number of anilines is 1. The summed E-state index contributed by atoms with van der Waals surface area (Å²) in [4.78, 5) is 0. The van der Waals surface area contributed by atoms with Gasteiger partial charge in [-0.2, -0.15) is 0 Å². The summed E-state index contributed by atoms with van der Waals surface area (Å²) < 4.78 is 2.06. The summed E-state index contributed by atoms with van der Waals surface area (Å²) in [5.74, 6) is 1.52. The number of nitrogens with zero attached hydrogens (tertiary/aromatic N) is 3. The summed E-state index contributed by atoms with van der Waals surface area (Å²) in [7, 11) is 0. The zero-order valence-electron chi connectivity index (χ0n) is 14.4. The fourth-order valence-electron chi connectivity index (χ4n) is 2.81. The first kappa shape index (κ1) is 17.6. The largest absolute Gasteiger partial charge is 0.399 e. The molecule has 0 saturated heterocycles. The van der Waals surface area contributed by atoms with Crippen LogP contribution in [-0.4, -0.2) is 14.8 Å². The summed E-state index contributed by atoms with van der Waals surface area (Å²) in [6.45, 7) is 0. The van der Waals surface area contributed by atoms with Crippen molar-refractivity contribution in [3.63, 3.8) is 0 Å². The molecule has 27 heavy (non-hydrogen) atoms. The minimum Gasteiger partial charge on any atom is -0.399 e. The Labute approximate surface area is 167 Å². The lowest BCUT2D eigenvalue weighted by Crippen LogP contribution is -2.00. The second kappa shape index (κ2) is 7.86. The van der Waals surface area contributed by atoms with Gasteiger partial charge in [-0.15, -0.1) is 10.2 Å². The molecular weight excluding hydrogens is 376 g/mol. The molecule has 134 valence electrons. The van der Waals surface area contributed by atoms with Crippen LogP contribution >= 0.6 is 23.4 Å². The molecule has 4 aromatic rings. The fraction of sp³-hybridized carbons (Fsp3) is 0.0476. The van der Waals surface area contributed by atoms with Crippen molar-refractivity contribution in [1.82, 2.24) is 14.8 Å². The normalized spacial score (nSPS) is 10.9. The number of nitrogens with two attached hydrogens (primary N) is 1. The van der Waals surface area contributed by atoms with Crippen molar-refractivity contribution >= 4 is 29.1 Å². The van der Waals surface area contributed by atoms with E-state index < -0.39 is 0 Å². The van der Waals surface area contributed by atoms with Gasteiger partial charge in [0.2, 0.25) is 0 Å². The molecule has 0 radical (unpaired) electrons. The molecule has 0 spiro atoms. The number of para-hydroxylation sites is 1. The monoisotopic (exact) mass is 392 g/mol. The van der Waals surface area contributed by atoms with Gasteiger partial charge in [-0.1, -0.05) is 65.8 Å². The van der Waals surface area contributed by atoms with Gasteiger partial charge in [-0.3, -0.25) is 4.57 Å². The SMILES string of the molecule is Nc1cccc(-c2nnc(SCc3cccc(Cl)c3)n2-c2ccccc2)c1. The molecule has 0 bridgehead atoms. The van der Waals surface area contributed by atoms with E-state index in [0.717, 1.165) is 38.6 Å². The number of rotatable bonds is 5. The Morgan fingerprint density at radius 1 is 0.889 bits per heavy atom. The van der Waals surface area contributed by atoms with Crippen molar-refractivity contribution in [3.8, 4) is 17.1 Å². The number of halogens is 1. The molecule has 4 rings (SSSR count). The highest BCUT2D eigenvalue weighted by Gasteiger charge is 2.16. The van der Waals surface area contributed by atoms with Crippen molar-refractivity contribution < 1.29 is 0 Å². The van der Waals surface area contributed by atoms with E-state index in [1.165, 1.54) is 0 Å². The van der Waals surface area contributed by atoms with Crippen LogP contribution in [0.15, 0.2) is 84.0 Å². The molecule has 0 aliphatic heterocycles. The molecule has 2 N–H and O–H groups in total. The zero-order valence-corrected chi connectivity index (χ0v) is 16.0. The van der Waals surface area contributed by atoms with Crippen molar-refractivity contribution in [2.75, 3.05) is 5.73 Å². The molecule has 0 amide bonds. The average Bonchev–Trinajstić information content (AvgIpc) is 3.11. The van der Waals surface area contributed by atoms with Gasteiger partial charge in [-0.05, 0) is 42.0 Å². The Kier molecular flexibility index (Phi) is 5.14. The molecule has 4 nitrogen and oxygen atoms in total. The lowest BCUT2D eigenvalue weighted by atomic mass is 10.2. The van der Waals surface area contributed by atoms with Crippen molar-refractivity contribution in [2.24, 2.45) is 0 Å². The Morgan fingerprint density at radius 2 is 1.70 bits per heavy atom. The second-order valence-electron chi connectivity index (χ2n) is 6.02. The predicted octanol–water partition coefficient (Wildman–Crippen LogP) is 5.46. The summed E-state index contributed by atoms with van der Waals surface area (Å²) in [5.41, 5.74) is 9.74. The van der Waals surface area contributed by atoms with E-state index in [1.54, 1.807) is 11.8 Å². The Morgan fingerprint density at radius 3 is 2.48 bits per heavy atom. The first-order chi connectivity index (χ1) is 13.2. The predicted molar refractivity (Wildman–Crippen MR) is 112 cm³/mol. The number of benzene rings is 3. The number of hydrogen-bond acceptors (Lipinski definition) is 4. The number of thioether (sulfide) groups is 1. The van der Waals surface area contributed by atoms with Crippen LogP contribution in [0.5, 0.6) is 0 Å². The smallest absolute Gasteiger partial charge is 0.196 e. The second-order valence-corrected chi connectivity index (χ2v) is 7.40. The van der Waals surface area contributed by atoms with Gasteiger partial charge in [0.1, 0.15) is 0 Å². The van der Waals surface area contributed by atoms with Crippen LogP contribution in [0.2, 0.25) is 5.02 Å². The maximum atomic E-state index is 6.10. The van der Waals surface area contributed by atoms with Crippen LogP contribution in [0, 0.1) is 0 Å². The molecule has 0 atom stereocenters. The third kappa shape index (κ3) is 3.99. The maximum absolute atomic E-state index is 6.10. The Hall–Kier alpha value is -2.76. The molecular formula is C21H17ClN4S. The molecule has 0 aliphatic carbocycles. The van der Waals surface area contributed by atoms with Crippen molar-refractivity contribution in [3.05, 3.63) is 89.4 Å². The average molecular weight is 393 g/mol. The van der Waals surface area contributed by atoms with Gasteiger partial charge in [0.25, 0.3) is 0 Å². The molecule has 3 aromatic carbocycles. The van der Waals surface area contributed by atoms with Crippen LogP contribution in [0.4, 0.5) is 5.69 Å². The van der Waals surface area contributed by atoms with Gasteiger partial charge in [-0.25, -0.2) is 0 Å². The van der Waals surface area contributed by atoms with E-state index in [4.69, 9.17) is 17.3 Å². The lowest BCUT2D eigenvalue weighted by Gasteiger charge is -2.10. The quantitative estimate of drug-likeness (QED) is 0.362. The third-order valence-electron chi connectivity index (χ3n) is 4.05. The fourth-order valence-corrected chi connectivity index (χ4v) is 3.92. The van der Waals surface area contributed by atoms with Gasteiger partial charge in [0.05, 0.1) is 0 Å². The van der Waals surface area contributed by atoms with Crippen molar-refractivity contribution in [2.45, 2.75) is 10.9 Å².